The molecule has 0 aliphatic carbocycles. The Morgan fingerprint density at radius 1 is 1.42 bits per heavy atom. The fourth-order valence-corrected chi connectivity index (χ4v) is 3.18. The number of hydrogen-bond donors (Lipinski definition) is 0. The molecule has 1 aliphatic rings. The molecule has 1 heterocycles. The van der Waals surface area contributed by atoms with Gasteiger partial charge >= 0.3 is 5.97 Å². The SMILES string of the molecule is CCN(CC(C)C(=O)OC)C(=O)C1CC(=O)N(c2ccc(C)cc2F)C1. The number of rotatable bonds is 6. The second-order valence-corrected chi connectivity index (χ2v) is 6.66. The maximum atomic E-state index is 14.2. The topological polar surface area (TPSA) is 66.9 Å². The number of benzene rings is 1. The Balaban J connectivity index is 2.10. The molecule has 0 N–H and O–H groups in total. The summed E-state index contributed by atoms with van der Waals surface area (Å²) in [5.74, 6) is -2.34. The van der Waals surface area contributed by atoms with Gasteiger partial charge in [0.1, 0.15) is 5.82 Å². The lowest BCUT2D eigenvalue weighted by atomic mass is 10.1. The molecule has 1 aromatic rings. The highest BCUT2D eigenvalue weighted by Crippen LogP contribution is 2.29. The van der Waals surface area contributed by atoms with Gasteiger partial charge in [0.15, 0.2) is 0 Å². The van der Waals surface area contributed by atoms with Gasteiger partial charge in [0, 0.05) is 26.1 Å². The van der Waals surface area contributed by atoms with Crippen molar-refractivity contribution in [2.24, 2.45) is 11.8 Å². The molecule has 0 radical (unpaired) electrons. The van der Waals surface area contributed by atoms with Crippen LogP contribution in [0.2, 0.25) is 0 Å². The van der Waals surface area contributed by atoms with Gasteiger partial charge in [-0.15, -0.1) is 0 Å². The molecule has 26 heavy (non-hydrogen) atoms. The van der Waals surface area contributed by atoms with Crippen LogP contribution in [0.5, 0.6) is 0 Å². The fraction of sp³-hybridized carbons (Fsp3) is 0.526. The molecule has 0 saturated carbocycles. The van der Waals surface area contributed by atoms with Gasteiger partial charge in [-0.3, -0.25) is 14.4 Å². The van der Waals surface area contributed by atoms with Crippen molar-refractivity contribution in [3.8, 4) is 0 Å². The van der Waals surface area contributed by atoms with Crippen LogP contribution < -0.4 is 4.90 Å². The molecule has 0 spiro atoms. The third-order valence-electron chi connectivity index (χ3n) is 4.66. The Hall–Kier alpha value is -2.44. The number of methoxy groups -OCH3 is 1. The minimum Gasteiger partial charge on any atom is -0.469 e. The standard InChI is InChI=1S/C19H25FN2O4/c1-5-21(10-13(3)19(25)26-4)18(24)14-9-17(23)22(11-14)16-7-6-12(2)8-15(16)20/h6-8,13-14H,5,9-11H2,1-4H3. The molecule has 1 saturated heterocycles. The number of ether oxygens (including phenoxy) is 1. The van der Waals surface area contributed by atoms with Crippen LogP contribution in [0.15, 0.2) is 18.2 Å². The molecular formula is C19H25FN2O4. The van der Waals surface area contributed by atoms with E-state index in [9.17, 15) is 18.8 Å². The first-order valence-electron chi connectivity index (χ1n) is 8.71. The number of hydrogen-bond acceptors (Lipinski definition) is 4. The zero-order chi connectivity index (χ0) is 19.4. The summed E-state index contributed by atoms with van der Waals surface area (Å²) >= 11 is 0. The normalized spacial score (nSPS) is 18.0. The summed E-state index contributed by atoms with van der Waals surface area (Å²) in [5, 5.41) is 0. The van der Waals surface area contributed by atoms with Crippen LogP contribution >= 0.6 is 0 Å². The van der Waals surface area contributed by atoms with Crippen LogP contribution in [0.25, 0.3) is 0 Å². The van der Waals surface area contributed by atoms with E-state index in [2.05, 4.69) is 0 Å². The van der Waals surface area contributed by atoms with Gasteiger partial charge in [0.25, 0.3) is 0 Å². The molecule has 2 unspecified atom stereocenters. The van der Waals surface area contributed by atoms with Crippen molar-refractivity contribution in [2.45, 2.75) is 27.2 Å². The number of esters is 1. The van der Waals surface area contributed by atoms with Gasteiger partial charge in [-0.1, -0.05) is 13.0 Å². The highest BCUT2D eigenvalue weighted by molar-refractivity contribution is 6.00. The van der Waals surface area contributed by atoms with E-state index in [0.29, 0.717) is 6.54 Å². The Labute approximate surface area is 152 Å². The van der Waals surface area contributed by atoms with Crippen LogP contribution in [-0.4, -0.2) is 49.4 Å². The summed E-state index contributed by atoms with van der Waals surface area (Å²) in [7, 11) is 1.31. The lowest BCUT2D eigenvalue weighted by Crippen LogP contribution is -2.41. The molecule has 6 nitrogen and oxygen atoms in total. The Morgan fingerprint density at radius 2 is 2.12 bits per heavy atom. The highest BCUT2D eigenvalue weighted by Gasteiger charge is 2.38. The van der Waals surface area contributed by atoms with Crippen molar-refractivity contribution in [1.29, 1.82) is 0 Å². The summed E-state index contributed by atoms with van der Waals surface area (Å²) in [6.45, 7) is 6.06. The third-order valence-corrected chi connectivity index (χ3v) is 4.66. The first-order valence-corrected chi connectivity index (χ1v) is 8.71. The number of carbonyl (C=O) groups is 3. The zero-order valence-corrected chi connectivity index (χ0v) is 15.6. The zero-order valence-electron chi connectivity index (χ0n) is 15.6. The average Bonchev–Trinajstić information content (AvgIpc) is 2.99. The van der Waals surface area contributed by atoms with E-state index in [1.54, 1.807) is 30.9 Å². The minimum atomic E-state index is -0.548. The molecule has 1 aliphatic heterocycles. The Morgan fingerprint density at radius 3 is 2.69 bits per heavy atom. The summed E-state index contributed by atoms with van der Waals surface area (Å²) in [4.78, 5) is 39.6. The van der Waals surface area contributed by atoms with Crippen molar-refractivity contribution in [2.75, 3.05) is 31.6 Å². The Bertz CT molecular complexity index is 707. The van der Waals surface area contributed by atoms with Gasteiger partial charge in [0.2, 0.25) is 11.8 Å². The Kier molecular flexibility index (Phi) is 6.34. The van der Waals surface area contributed by atoms with E-state index in [1.807, 2.05) is 6.92 Å². The first-order chi connectivity index (χ1) is 12.3. The number of carbonyl (C=O) groups excluding carboxylic acids is 3. The van der Waals surface area contributed by atoms with Gasteiger partial charge in [-0.05, 0) is 31.5 Å². The maximum absolute atomic E-state index is 14.2. The molecule has 2 amide bonds. The molecule has 1 aromatic carbocycles. The van der Waals surface area contributed by atoms with E-state index in [-0.39, 0.29) is 43.0 Å². The number of anilines is 1. The largest absolute Gasteiger partial charge is 0.469 e. The molecule has 7 heteroatoms. The van der Waals surface area contributed by atoms with Crippen LogP contribution in [0.4, 0.5) is 10.1 Å². The third kappa shape index (κ3) is 4.20. The predicted octanol–water partition coefficient (Wildman–Crippen LogP) is 2.14. The second kappa shape index (κ2) is 8.29. The second-order valence-electron chi connectivity index (χ2n) is 6.66. The van der Waals surface area contributed by atoms with Gasteiger partial charge in [-0.2, -0.15) is 0 Å². The quantitative estimate of drug-likeness (QED) is 0.726. The first kappa shape index (κ1) is 19.9. The number of aryl methyl sites for hydroxylation is 1. The summed E-state index contributed by atoms with van der Waals surface area (Å²) < 4.78 is 18.9. The molecule has 2 rings (SSSR count). The molecule has 0 aromatic heterocycles. The van der Waals surface area contributed by atoms with E-state index < -0.39 is 17.7 Å². The van der Waals surface area contributed by atoms with Gasteiger partial charge < -0.3 is 14.5 Å². The van der Waals surface area contributed by atoms with Crippen molar-refractivity contribution in [3.63, 3.8) is 0 Å². The highest BCUT2D eigenvalue weighted by atomic mass is 19.1. The maximum Gasteiger partial charge on any atom is 0.310 e. The number of amides is 2. The van der Waals surface area contributed by atoms with Crippen molar-refractivity contribution in [1.82, 2.24) is 4.90 Å². The minimum absolute atomic E-state index is 0.0370. The van der Waals surface area contributed by atoms with E-state index in [0.717, 1.165) is 5.56 Å². The summed E-state index contributed by atoms with van der Waals surface area (Å²) in [6, 6.07) is 4.66. The fourth-order valence-electron chi connectivity index (χ4n) is 3.18. The lowest BCUT2D eigenvalue weighted by Gasteiger charge is -2.26. The van der Waals surface area contributed by atoms with E-state index in [4.69, 9.17) is 4.74 Å². The average molecular weight is 364 g/mol. The summed E-state index contributed by atoms with van der Waals surface area (Å²) in [6.07, 6.45) is 0.0370. The molecule has 142 valence electrons. The predicted molar refractivity (Wildman–Crippen MR) is 95.0 cm³/mol. The van der Waals surface area contributed by atoms with E-state index >= 15 is 0 Å². The van der Waals surface area contributed by atoms with Gasteiger partial charge in [-0.25, -0.2) is 4.39 Å². The number of nitrogens with zero attached hydrogens (tertiary/aromatic N) is 2. The van der Waals surface area contributed by atoms with Crippen molar-refractivity contribution in [3.05, 3.63) is 29.6 Å². The van der Waals surface area contributed by atoms with Crippen LogP contribution in [0, 0.1) is 24.6 Å². The molecule has 2 atom stereocenters. The monoisotopic (exact) mass is 364 g/mol. The van der Waals surface area contributed by atoms with Gasteiger partial charge in [0.05, 0.1) is 24.6 Å². The van der Waals surface area contributed by atoms with Crippen LogP contribution in [-0.2, 0) is 19.1 Å². The van der Waals surface area contributed by atoms with Crippen LogP contribution in [0.1, 0.15) is 25.8 Å². The smallest absolute Gasteiger partial charge is 0.310 e. The number of halogens is 1. The summed E-state index contributed by atoms with van der Waals surface area (Å²) in [5.41, 5.74) is 0.960. The van der Waals surface area contributed by atoms with Crippen LogP contribution in [0.3, 0.4) is 0 Å². The molecule has 1 fully saturated rings. The van der Waals surface area contributed by atoms with E-state index in [1.165, 1.54) is 18.1 Å². The molecular weight excluding hydrogens is 339 g/mol. The van der Waals surface area contributed by atoms with Crippen molar-refractivity contribution >= 4 is 23.5 Å². The molecule has 0 bridgehead atoms. The van der Waals surface area contributed by atoms with Crippen molar-refractivity contribution < 1.29 is 23.5 Å². The lowest BCUT2D eigenvalue weighted by molar-refractivity contribution is -0.147.